The van der Waals surface area contributed by atoms with Crippen molar-refractivity contribution in [1.82, 2.24) is 0 Å². The number of nitrogens with two attached hydrogens (primary N) is 1. The van der Waals surface area contributed by atoms with Gasteiger partial charge >= 0.3 is 17.9 Å². The van der Waals surface area contributed by atoms with Gasteiger partial charge in [-0.05, 0) is 133 Å². The van der Waals surface area contributed by atoms with Crippen molar-refractivity contribution < 1.29 is 33.4 Å². The Balaban J connectivity index is 0.000000313. The Morgan fingerprint density at radius 3 is 1.72 bits per heavy atom. The molecule has 0 spiro atoms. The van der Waals surface area contributed by atoms with E-state index in [0.29, 0.717) is 45.3 Å². The number of esters is 3. The molecule has 2 N–H and O–H groups in total. The molecule has 5 rings (SSSR count). The maximum absolute atomic E-state index is 12.6. The van der Waals surface area contributed by atoms with Crippen LogP contribution in [0.2, 0.25) is 10.0 Å². The molecule has 9 nitrogen and oxygen atoms in total. The largest absolute Gasteiger partial charge is 0.462 e. The highest BCUT2D eigenvalue weighted by atomic mass is 79.9. The van der Waals surface area contributed by atoms with E-state index in [2.05, 4.69) is 15.9 Å². The van der Waals surface area contributed by atoms with Crippen molar-refractivity contribution >= 4 is 74.3 Å². The first-order valence-corrected chi connectivity index (χ1v) is 20.0. The lowest BCUT2D eigenvalue weighted by Crippen LogP contribution is -2.27. The molecule has 0 aromatic heterocycles. The number of hydrogen-bond acceptors (Lipinski definition) is 8. The quantitative estimate of drug-likeness (QED) is 0.0802. The SMILES string of the molecule is C.CC(C(=O)OC(C)(C)C)c1ccc(N)cc1.CC(C(=O)OC(C)(C)C)c1ccc(N2Cc3ccc(Cl)cc3C2=O)cc1.CCOC(=O)c1cc(Cl)ccc1CBr. The molecule has 0 radical (unpaired) electrons. The number of fused-ring (bicyclic) bond motifs is 1. The van der Waals surface area contributed by atoms with E-state index in [9.17, 15) is 19.2 Å². The van der Waals surface area contributed by atoms with Gasteiger partial charge in [-0.15, -0.1) is 0 Å². The van der Waals surface area contributed by atoms with Crippen molar-refractivity contribution in [2.45, 2.75) is 105 Å². The zero-order valence-corrected chi connectivity index (χ0v) is 36.5. The summed E-state index contributed by atoms with van der Waals surface area (Å²) in [5, 5.41) is 1.71. The van der Waals surface area contributed by atoms with E-state index >= 15 is 0 Å². The van der Waals surface area contributed by atoms with Crippen molar-refractivity contribution in [2.24, 2.45) is 0 Å². The average molecular weight is 887 g/mol. The summed E-state index contributed by atoms with van der Waals surface area (Å²) >= 11 is 15.1. The summed E-state index contributed by atoms with van der Waals surface area (Å²) in [7, 11) is 0. The summed E-state index contributed by atoms with van der Waals surface area (Å²) < 4.78 is 15.7. The Hall–Kier alpha value is -4.38. The second-order valence-corrected chi connectivity index (χ2v) is 16.6. The third kappa shape index (κ3) is 14.8. The lowest BCUT2D eigenvalue weighted by molar-refractivity contribution is -0.157. The van der Waals surface area contributed by atoms with E-state index in [0.717, 1.165) is 27.9 Å². The van der Waals surface area contributed by atoms with E-state index < -0.39 is 11.2 Å². The van der Waals surface area contributed by atoms with Crippen LogP contribution in [0.5, 0.6) is 0 Å². The smallest absolute Gasteiger partial charge is 0.338 e. The van der Waals surface area contributed by atoms with Crippen LogP contribution in [0.1, 0.15) is 125 Å². The van der Waals surface area contributed by atoms with E-state index in [-0.39, 0.29) is 43.1 Å². The third-order valence-corrected chi connectivity index (χ3v) is 9.32. The van der Waals surface area contributed by atoms with Crippen molar-refractivity contribution in [2.75, 3.05) is 17.2 Å². The third-order valence-electron chi connectivity index (χ3n) is 8.25. The Bertz CT molecular complexity index is 1990. The maximum Gasteiger partial charge on any atom is 0.338 e. The fourth-order valence-electron chi connectivity index (χ4n) is 5.33. The predicted molar refractivity (Wildman–Crippen MR) is 235 cm³/mol. The minimum Gasteiger partial charge on any atom is -0.462 e. The van der Waals surface area contributed by atoms with Crippen molar-refractivity contribution in [3.05, 3.63) is 128 Å². The highest BCUT2D eigenvalue weighted by molar-refractivity contribution is 9.08. The summed E-state index contributed by atoms with van der Waals surface area (Å²) in [6.45, 7) is 17.5. The van der Waals surface area contributed by atoms with Crippen LogP contribution in [-0.2, 0) is 35.7 Å². The number of rotatable bonds is 8. The Kier molecular flexibility index (Phi) is 18.3. The van der Waals surface area contributed by atoms with Gasteiger partial charge in [0.25, 0.3) is 5.91 Å². The lowest BCUT2D eigenvalue weighted by Gasteiger charge is -2.23. The van der Waals surface area contributed by atoms with Crippen molar-refractivity contribution in [3.8, 4) is 0 Å². The number of nitrogens with zero attached hydrogens (tertiary/aromatic N) is 1. The predicted octanol–water partition coefficient (Wildman–Crippen LogP) is 11.7. The number of alkyl halides is 1. The number of hydrogen-bond donors (Lipinski definition) is 1. The molecule has 1 amide bonds. The van der Waals surface area contributed by atoms with Crippen LogP contribution < -0.4 is 10.6 Å². The molecule has 57 heavy (non-hydrogen) atoms. The molecular formula is C45H55BrCl2N2O7. The van der Waals surface area contributed by atoms with E-state index in [1.54, 1.807) is 48.2 Å². The molecule has 1 heterocycles. The molecular weight excluding hydrogens is 831 g/mol. The second-order valence-electron chi connectivity index (χ2n) is 15.1. The van der Waals surface area contributed by atoms with Crippen molar-refractivity contribution in [3.63, 3.8) is 0 Å². The molecule has 308 valence electrons. The molecule has 1 aliphatic rings. The van der Waals surface area contributed by atoms with Gasteiger partial charge in [-0.2, -0.15) is 0 Å². The fraction of sp³-hybridized carbons (Fsp3) is 0.378. The number of halogens is 3. The molecule has 4 aromatic carbocycles. The van der Waals surface area contributed by atoms with E-state index in [4.69, 9.17) is 43.1 Å². The van der Waals surface area contributed by atoms with Gasteiger partial charge in [0.15, 0.2) is 0 Å². The lowest BCUT2D eigenvalue weighted by atomic mass is 10.0. The van der Waals surface area contributed by atoms with Gasteiger partial charge in [-0.25, -0.2) is 4.79 Å². The number of benzene rings is 4. The number of nitrogen functional groups attached to an aromatic ring is 1. The zero-order chi connectivity index (χ0) is 42.0. The highest BCUT2D eigenvalue weighted by Crippen LogP contribution is 2.31. The molecule has 12 heteroatoms. The van der Waals surface area contributed by atoms with Gasteiger partial charge in [0.1, 0.15) is 11.2 Å². The fourth-order valence-corrected chi connectivity index (χ4v) is 6.16. The molecule has 2 atom stereocenters. The maximum atomic E-state index is 12.6. The first-order valence-electron chi connectivity index (χ1n) is 18.2. The second kappa shape index (κ2) is 21.4. The molecule has 0 fully saturated rings. The Labute approximate surface area is 356 Å². The van der Waals surface area contributed by atoms with Gasteiger partial charge in [0.2, 0.25) is 0 Å². The molecule has 4 aromatic rings. The number of anilines is 2. The number of carbonyl (C=O) groups excluding carboxylic acids is 4. The molecule has 0 bridgehead atoms. The summed E-state index contributed by atoms with van der Waals surface area (Å²) in [5.74, 6) is -1.49. The number of ether oxygens (including phenoxy) is 3. The van der Waals surface area contributed by atoms with E-state index in [1.807, 2.05) is 104 Å². The number of amides is 1. The van der Waals surface area contributed by atoms with Gasteiger partial charge < -0.3 is 24.8 Å². The molecule has 0 saturated carbocycles. The first kappa shape index (κ1) is 48.8. The molecule has 2 unspecified atom stereocenters. The molecule has 0 saturated heterocycles. The van der Waals surface area contributed by atoms with Crippen LogP contribution in [0.15, 0.2) is 84.9 Å². The first-order chi connectivity index (χ1) is 26.1. The van der Waals surface area contributed by atoms with Crippen LogP contribution >= 0.6 is 39.1 Å². The highest BCUT2D eigenvalue weighted by Gasteiger charge is 2.29. The van der Waals surface area contributed by atoms with E-state index in [1.165, 1.54) is 0 Å². The summed E-state index contributed by atoms with van der Waals surface area (Å²) in [4.78, 5) is 49.8. The average Bonchev–Trinajstić information content (AvgIpc) is 3.45. The number of carbonyl (C=O) groups is 4. The van der Waals surface area contributed by atoms with Crippen molar-refractivity contribution in [1.29, 1.82) is 0 Å². The summed E-state index contributed by atoms with van der Waals surface area (Å²) in [5.41, 5.74) is 10.9. The van der Waals surface area contributed by atoms with Gasteiger partial charge in [0.05, 0.1) is 30.6 Å². The summed E-state index contributed by atoms with van der Waals surface area (Å²) in [6, 6.07) is 25.3. The van der Waals surface area contributed by atoms with Gasteiger partial charge in [-0.1, -0.05) is 83.0 Å². The molecule has 0 aliphatic carbocycles. The van der Waals surface area contributed by atoms with Gasteiger partial charge in [0, 0.05) is 32.3 Å². The monoisotopic (exact) mass is 884 g/mol. The minimum absolute atomic E-state index is 0. The Morgan fingerprint density at radius 1 is 0.772 bits per heavy atom. The van der Waals surface area contributed by atoms with Crippen LogP contribution in [0.25, 0.3) is 0 Å². The standard InChI is InChI=1S/C21H22ClNO3.C13H19NO2.C10H10BrClO2.CH4/c1-13(20(25)26-21(2,3)4)14-6-9-17(10-7-14)23-12-15-5-8-16(22)11-18(15)19(23)24;1-9(12(15)16-13(2,3)4)10-5-7-11(14)8-6-10;1-2-14-10(13)9-5-8(12)4-3-7(9)6-11;/h5-11,13H,12H2,1-4H3;5-9H,14H2,1-4H3;3-5H,2,6H2,1H3;1H4. The molecule has 1 aliphatic heterocycles. The summed E-state index contributed by atoms with van der Waals surface area (Å²) in [6.07, 6.45) is 0. The van der Waals surface area contributed by atoms with Crippen LogP contribution in [0.4, 0.5) is 11.4 Å². The van der Waals surface area contributed by atoms with Gasteiger partial charge in [-0.3, -0.25) is 14.4 Å². The van der Waals surface area contributed by atoms with Crippen LogP contribution in [0.3, 0.4) is 0 Å². The normalized spacial score (nSPS) is 13.0. The zero-order valence-electron chi connectivity index (χ0n) is 33.4. The minimum atomic E-state index is -0.514. The van der Waals surface area contributed by atoms with Crippen LogP contribution in [-0.4, -0.2) is 41.6 Å². The Morgan fingerprint density at radius 2 is 1.25 bits per heavy atom. The topological polar surface area (TPSA) is 125 Å². The van der Waals surface area contributed by atoms with Crippen LogP contribution in [0, 0.1) is 0 Å².